The number of rotatable bonds is 5. The molecule has 0 spiro atoms. The van der Waals surface area contributed by atoms with Crippen molar-refractivity contribution >= 4 is 40.2 Å². The van der Waals surface area contributed by atoms with E-state index in [4.69, 9.17) is 29.6 Å². The molecule has 0 aliphatic carbocycles. The first-order valence-electron chi connectivity index (χ1n) is 11.6. The molecule has 0 radical (unpaired) electrons. The molecule has 5 rings (SSSR count). The van der Waals surface area contributed by atoms with Gasteiger partial charge in [-0.25, -0.2) is 0 Å². The molecule has 33 heavy (non-hydrogen) atoms. The van der Waals surface area contributed by atoms with Crippen LogP contribution in [0, 0.1) is 0 Å². The number of nitrogens with zero attached hydrogens (tertiary/aromatic N) is 2. The monoisotopic (exact) mass is 476 g/mol. The van der Waals surface area contributed by atoms with Gasteiger partial charge in [0.1, 0.15) is 0 Å². The summed E-state index contributed by atoms with van der Waals surface area (Å²) in [5, 5.41) is 4.24. The lowest BCUT2D eigenvalue weighted by molar-refractivity contribution is 0.252. The van der Waals surface area contributed by atoms with Gasteiger partial charge in [-0.15, -0.1) is 0 Å². The third kappa shape index (κ3) is 4.58. The van der Waals surface area contributed by atoms with Crippen molar-refractivity contribution < 1.29 is 0 Å². The van der Waals surface area contributed by atoms with Gasteiger partial charge in [-0.1, -0.05) is 72.3 Å². The fourth-order valence-corrected chi connectivity index (χ4v) is 5.76. The minimum Gasteiger partial charge on any atom is -0.398 e. The first-order valence-corrected chi connectivity index (χ1v) is 12.4. The van der Waals surface area contributed by atoms with Crippen LogP contribution in [0.2, 0.25) is 5.02 Å². The number of nitrogen functional groups attached to an aromatic ring is 1. The van der Waals surface area contributed by atoms with Crippen LogP contribution in [-0.4, -0.2) is 42.6 Å². The average molecular weight is 477 g/mol. The summed E-state index contributed by atoms with van der Waals surface area (Å²) >= 11 is 12.5. The van der Waals surface area contributed by atoms with Crippen molar-refractivity contribution in [3.63, 3.8) is 0 Å². The lowest BCUT2D eigenvalue weighted by atomic mass is 9.82. The molecule has 2 aliphatic rings. The molecule has 1 saturated heterocycles. The van der Waals surface area contributed by atoms with Gasteiger partial charge in [-0.05, 0) is 48.4 Å². The van der Waals surface area contributed by atoms with Crippen molar-refractivity contribution in [3.05, 3.63) is 94.5 Å². The smallest absolute Gasteiger partial charge is 0.0837 e. The SMILES string of the molecule is Nc1cccc(Cl)c1C1NC(=S)C(CCN2CCN(c3ccccc3)CC2)c2ccccc21. The number of halogens is 1. The van der Waals surface area contributed by atoms with Gasteiger partial charge in [0.2, 0.25) is 0 Å². The molecule has 0 aromatic heterocycles. The number of piperazine rings is 1. The Labute approximate surface area is 206 Å². The number of thiocarbonyl (C=S) groups is 1. The molecule has 2 aliphatic heterocycles. The van der Waals surface area contributed by atoms with Crippen LogP contribution < -0.4 is 16.0 Å². The maximum absolute atomic E-state index is 6.56. The van der Waals surface area contributed by atoms with Gasteiger partial charge in [-0.2, -0.15) is 0 Å². The first-order chi connectivity index (χ1) is 16.1. The lowest BCUT2D eigenvalue weighted by Crippen LogP contribution is -2.47. The molecule has 4 nitrogen and oxygen atoms in total. The van der Waals surface area contributed by atoms with E-state index in [1.165, 1.54) is 16.8 Å². The molecule has 170 valence electrons. The Morgan fingerprint density at radius 1 is 0.879 bits per heavy atom. The van der Waals surface area contributed by atoms with Gasteiger partial charge in [0.15, 0.2) is 0 Å². The number of hydrogen-bond acceptors (Lipinski definition) is 4. The Morgan fingerprint density at radius 3 is 2.30 bits per heavy atom. The molecular weight excluding hydrogens is 448 g/mol. The van der Waals surface area contributed by atoms with E-state index in [0.717, 1.165) is 49.7 Å². The molecule has 3 aromatic rings. The Kier molecular flexibility index (Phi) is 6.54. The van der Waals surface area contributed by atoms with Crippen LogP contribution >= 0.6 is 23.8 Å². The van der Waals surface area contributed by atoms with E-state index < -0.39 is 0 Å². The van der Waals surface area contributed by atoms with Gasteiger partial charge in [-0.3, -0.25) is 4.90 Å². The number of nitrogens with two attached hydrogens (primary N) is 1. The minimum absolute atomic E-state index is 0.118. The highest BCUT2D eigenvalue weighted by Crippen LogP contribution is 2.41. The second-order valence-electron chi connectivity index (χ2n) is 8.82. The normalized spacial score (nSPS) is 20.9. The number of para-hydroxylation sites is 1. The van der Waals surface area contributed by atoms with E-state index in [9.17, 15) is 0 Å². The quantitative estimate of drug-likeness (QED) is 0.389. The zero-order valence-electron chi connectivity index (χ0n) is 18.6. The zero-order chi connectivity index (χ0) is 22.8. The van der Waals surface area contributed by atoms with Gasteiger partial charge in [0.25, 0.3) is 0 Å². The van der Waals surface area contributed by atoms with Crippen LogP contribution in [0.4, 0.5) is 11.4 Å². The molecule has 2 unspecified atom stereocenters. The summed E-state index contributed by atoms with van der Waals surface area (Å²) in [6.45, 7) is 5.29. The highest BCUT2D eigenvalue weighted by Gasteiger charge is 2.33. The van der Waals surface area contributed by atoms with Crippen LogP contribution in [0.15, 0.2) is 72.8 Å². The summed E-state index contributed by atoms with van der Waals surface area (Å²) in [6.07, 6.45) is 0.999. The van der Waals surface area contributed by atoms with E-state index in [1.54, 1.807) is 0 Å². The predicted molar refractivity (Wildman–Crippen MR) is 142 cm³/mol. The molecule has 2 atom stereocenters. The summed E-state index contributed by atoms with van der Waals surface area (Å²) in [5.41, 5.74) is 11.7. The third-order valence-corrected chi connectivity index (χ3v) is 7.62. The number of benzene rings is 3. The summed E-state index contributed by atoms with van der Waals surface area (Å²) < 4.78 is 0. The third-order valence-electron chi connectivity index (χ3n) is 6.89. The Hall–Kier alpha value is -2.60. The maximum Gasteiger partial charge on any atom is 0.0837 e. The molecule has 3 aromatic carbocycles. The van der Waals surface area contributed by atoms with Gasteiger partial charge < -0.3 is 16.0 Å². The van der Waals surface area contributed by atoms with E-state index in [1.807, 2.05) is 18.2 Å². The van der Waals surface area contributed by atoms with Crippen molar-refractivity contribution in [1.29, 1.82) is 0 Å². The van der Waals surface area contributed by atoms with E-state index in [0.29, 0.717) is 10.7 Å². The van der Waals surface area contributed by atoms with Crippen molar-refractivity contribution in [1.82, 2.24) is 10.2 Å². The van der Waals surface area contributed by atoms with Gasteiger partial charge in [0, 0.05) is 54.1 Å². The lowest BCUT2D eigenvalue weighted by Gasteiger charge is -2.38. The minimum atomic E-state index is -0.118. The van der Waals surface area contributed by atoms with Crippen molar-refractivity contribution in [2.24, 2.45) is 0 Å². The molecule has 1 fully saturated rings. The molecule has 6 heteroatoms. The van der Waals surface area contributed by atoms with E-state index in [2.05, 4.69) is 69.7 Å². The van der Waals surface area contributed by atoms with Crippen molar-refractivity contribution in [2.45, 2.75) is 18.4 Å². The molecule has 2 heterocycles. The Bertz CT molecular complexity index is 1110. The second-order valence-corrected chi connectivity index (χ2v) is 9.67. The summed E-state index contributed by atoms with van der Waals surface area (Å²) in [6, 6.07) is 24.8. The molecule has 0 saturated carbocycles. The summed E-state index contributed by atoms with van der Waals surface area (Å²) in [4.78, 5) is 5.90. The van der Waals surface area contributed by atoms with Crippen LogP contribution in [0.5, 0.6) is 0 Å². The van der Waals surface area contributed by atoms with E-state index in [-0.39, 0.29) is 12.0 Å². The Morgan fingerprint density at radius 2 is 1.58 bits per heavy atom. The van der Waals surface area contributed by atoms with Crippen LogP contribution in [0.1, 0.15) is 35.1 Å². The first kappa shape index (κ1) is 22.2. The maximum atomic E-state index is 6.56. The predicted octanol–water partition coefficient (Wildman–Crippen LogP) is 5.24. The number of hydrogen-bond donors (Lipinski definition) is 2. The highest BCUT2D eigenvalue weighted by molar-refractivity contribution is 7.80. The molecule has 0 bridgehead atoms. The van der Waals surface area contributed by atoms with Crippen molar-refractivity contribution in [3.8, 4) is 0 Å². The summed E-state index contributed by atoms with van der Waals surface area (Å²) in [5.74, 6) is 0.198. The van der Waals surface area contributed by atoms with Crippen LogP contribution in [0.25, 0.3) is 0 Å². The number of anilines is 2. The second kappa shape index (κ2) is 9.72. The van der Waals surface area contributed by atoms with E-state index >= 15 is 0 Å². The fourth-order valence-electron chi connectivity index (χ4n) is 5.11. The molecule has 0 amide bonds. The van der Waals surface area contributed by atoms with Gasteiger partial charge in [0.05, 0.1) is 11.0 Å². The average Bonchev–Trinajstić information content (AvgIpc) is 2.84. The van der Waals surface area contributed by atoms with Crippen LogP contribution in [0.3, 0.4) is 0 Å². The molecule has 3 N–H and O–H groups in total. The van der Waals surface area contributed by atoms with Gasteiger partial charge >= 0.3 is 0 Å². The zero-order valence-corrected chi connectivity index (χ0v) is 20.2. The number of fused-ring (bicyclic) bond motifs is 1. The van der Waals surface area contributed by atoms with Crippen LogP contribution in [-0.2, 0) is 0 Å². The standard InChI is InChI=1S/C27H29ClN4S/c28-23-11-6-12-24(29)25(23)26-21-10-5-4-9-20(21)22(27(33)30-26)13-14-31-15-17-32(18-16-31)19-7-2-1-3-8-19/h1-12,22,26H,13-18,29H2,(H,30,33). The largest absolute Gasteiger partial charge is 0.398 e. The number of nitrogens with one attached hydrogen (secondary N) is 1. The van der Waals surface area contributed by atoms with Crippen molar-refractivity contribution in [2.75, 3.05) is 43.4 Å². The molecular formula is C27H29ClN4S. The summed E-state index contributed by atoms with van der Waals surface area (Å²) in [7, 11) is 0. The fraction of sp³-hybridized carbons (Fsp3) is 0.296. The highest BCUT2D eigenvalue weighted by atomic mass is 35.5. The Balaban J connectivity index is 1.29. The topological polar surface area (TPSA) is 44.5 Å².